The molecule has 0 aliphatic carbocycles. The van der Waals surface area contributed by atoms with Crippen LogP contribution in [0.2, 0.25) is 0 Å². The molecule has 1 aromatic carbocycles. The standard InChI is InChI=1S/C16H15N3OS2/c1-11(16(20)19(2)12-6-4-3-5-7-12)22-15-13-8-9-21-14(13)17-10-18-15/h3-11H,1-2H3/t11-/m0/s1. The van der Waals surface area contributed by atoms with Crippen molar-refractivity contribution >= 4 is 44.9 Å². The van der Waals surface area contributed by atoms with Gasteiger partial charge in [0.2, 0.25) is 5.91 Å². The zero-order valence-electron chi connectivity index (χ0n) is 12.3. The number of amides is 1. The van der Waals surface area contributed by atoms with Crippen LogP contribution in [-0.2, 0) is 4.79 Å². The number of benzene rings is 1. The molecule has 1 atom stereocenters. The first kappa shape index (κ1) is 15.0. The molecule has 1 amide bonds. The van der Waals surface area contributed by atoms with Crippen LogP contribution in [0.15, 0.2) is 53.1 Å². The SMILES string of the molecule is C[C@H](Sc1ncnc2sccc12)C(=O)N(C)c1ccccc1. The maximum atomic E-state index is 12.6. The topological polar surface area (TPSA) is 46.1 Å². The molecule has 22 heavy (non-hydrogen) atoms. The fourth-order valence-corrected chi connectivity index (χ4v) is 3.92. The lowest BCUT2D eigenvalue weighted by molar-refractivity contribution is -0.117. The minimum Gasteiger partial charge on any atom is -0.315 e. The number of carbonyl (C=O) groups is 1. The summed E-state index contributed by atoms with van der Waals surface area (Å²) in [4.78, 5) is 23.8. The molecule has 0 radical (unpaired) electrons. The highest BCUT2D eigenvalue weighted by molar-refractivity contribution is 8.00. The Morgan fingerprint density at radius 1 is 1.23 bits per heavy atom. The predicted molar refractivity (Wildman–Crippen MR) is 92.6 cm³/mol. The van der Waals surface area contributed by atoms with E-state index in [2.05, 4.69) is 9.97 Å². The fraction of sp³-hybridized carbons (Fsp3) is 0.188. The molecular weight excluding hydrogens is 314 g/mol. The number of hydrogen-bond acceptors (Lipinski definition) is 5. The number of fused-ring (bicyclic) bond motifs is 1. The molecule has 2 heterocycles. The molecule has 0 N–H and O–H groups in total. The summed E-state index contributed by atoms with van der Waals surface area (Å²) in [6.45, 7) is 1.91. The van der Waals surface area contributed by atoms with Gasteiger partial charge in [0.05, 0.1) is 5.25 Å². The van der Waals surface area contributed by atoms with Crippen LogP contribution >= 0.6 is 23.1 Å². The number of para-hydroxylation sites is 1. The van der Waals surface area contributed by atoms with Gasteiger partial charge in [-0.15, -0.1) is 11.3 Å². The van der Waals surface area contributed by atoms with Crippen LogP contribution in [0.1, 0.15) is 6.92 Å². The van der Waals surface area contributed by atoms with Gasteiger partial charge in [-0.3, -0.25) is 4.79 Å². The molecule has 0 spiro atoms. The molecular formula is C16H15N3OS2. The Balaban J connectivity index is 1.78. The van der Waals surface area contributed by atoms with E-state index < -0.39 is 0 Å². The smallest absolute Gasteiger partial charge is 0.239 e. The van der Waals surface area contributed by atoms with Crippen LogP contribution in [0.4, 0.5) is 5.69 Å². The largest absolute Gasteiger partial charge is 0.315 e. The van der Waals surface area contributed by atoms with Gasteiger partial charge >= 0.3 is 0 Å². The average Bonchev–Trinajstić information content (AvgIpc) is 3.04. The maximum Gasteiger partial charge on any atom is 0.239 e. The molecule has 0 saturated heterocycles. The van der Waals surface area contributed by atoms with E-state index in [-0.39, 0.29) is 11.2 Å². The average molecular weight is 329 g/mol. The molecule has 0 bridgehead atoms. The Morgan fingerprint density at radius 3 is 2.77 bits per heavy atom. The Hall–Kier alpha value is -1.92. The summed E-state index contributed by atoms with van der Waals surface area (Å²) < 4.78 is 0. The molecule has 0 aliphatic rings. The predicted octanol–water partition coefficient (Wildman–Crippen LogP) is 3.83. The van der Waals surface area contributed by atoms with Gasteiger partial charge in [-0.25, -0.2) is 9.97 Å². The molecule has 0 unspecified atom stereocenters. The number of hydrogen-bond donors (Lipinski definition) is 0. The maximum absolute atomic E-state index is 12.6. The van der Waals surface area contributed by atoms with E-state index in [0.717, 1.165) is 20.9 Å². The summed E-state index contributed by atoms with van der Waals surface area (Å²) in [5, 5.41) is 3.64. The molecule has 0 aliphatic heterocycles. The monoisotopic (exact) mass is 329 g/mol. The summed E-state index contributed by atoms with van der Waals surface area (Å²) in [7, 11) is 1.80. The zero-order valence-corrected chi connectivity index (χ0v) is 13.9. The highest BCUT2D eigenvalue weighted by atomic mass is 32.2. The molecule has 0 fully saturated rings. The van der Waals surface area contributed by atoms with Crippen molar-refractivity contribution in [2.45, 2.75) is 17.2 Å². The molecule has 3 rings (SSSR count). The van der Waals surface area contributed by atoms with Crippen molar-refractivity contribution < 1.29 is 4.79 Å². The first-order valence-electron chi connectivity index (χ1n) is 6.84. The quantitative estimate of drug-likeness (QED) is 0.539. The third-order valence-corrected chi connectivity index (χ3v) is 5.26. The van der Waals surface area contributed by atoms with Gasteiger partial charge in [0.25, 0.3) is 0 Å². The van der Waals surface area contributed by atoms with Crippen molar-refractivity contribution in [3.05, 3.63) is 48.1 Å². The molecule has 0 saturated carbocycles. The molecule has 2 aromatic heterocycles. The summed E-state index contributed by atoms with van der Waals surface area (Å²) in [5.74, 6) is 0.0539. The van der Waals surface area contributed by atoms with Crippen molar-refractivity contribution in [1.82, 2.24) is 9.97 Å². The summed E-state index contributed by atoms with van der Waals surface area (Å²) in [5.41, 5.74) is 0.892. The summed E-state index contributed by atoms with van der Waals surface area (Å²) >= 11 is 3.05. The van der Waals surface area contributed by atoms with Crippen LogP contribution in [0.25, 0.3) is 10.2 Å². The summed E-state index contributed by atoms with van der Waals surface area (Å²) in [6.07, 6.45) is 1.55. The first-order valence-corrected chi connectivity index (χ1v) is 8.60. The number of rotatable bonds is 4. The van der Waals surface area contributed by atoms with Crippen LogP contribution in [-0.4, -0.2) is 28.2 Å². The second kappa shape index (κ2) is 6.46. The van der Waals surface area contributed by atoms with Gasteiger partial charge in [-0.05, 0) is 30.5 Å². The third-order valence-electron chi connectivity index (χ3n) is 3.34. The van der Waals surface area contributed by atoms with Crippen LogP contribution in [0.5, 0.6) is 0 Å². The first-order chi connectivity index (χ1) is 10.7. The van der Waals surface area contributed by atoms with Gasteiger partial charge in [-0.2, -0.15) is 0 Å². The second-order valence-corrected chi connectivity index (χ2v) is 7.04. The Labute approximate surface area is 137 Å². The fourth-order valence-electron chi connectivity index (χ4n) is 2.13. The molecule has 112 valence electrons. The number of aromatic nitrogens is 2. The van der Waals surface area contributed by atoms with Gasteiger partial charge in [0, 0.05) is 18.1 Å². The Bertz CT molecular complexity index is 788. The lowest BCUT2D eigenvalue weighted by Crippen LogP contribution is -2.33. The minimum absolute atomic E-state index is 0.0539. The van der Waals surface area contributed by atoms with E-state index in [1.165, 1.54) is 11.8 Å². The lowest BCUT2D eigenvalue weighted by Gasteiger charge is -2.21. The number of carbonyl (C=O) groups excluding carboxylic acids is 1. The molecule has 6 heteroatoms. The van der Waals surface area contributed by atoms with Crippen molar-refractivity contribution in [2.24, 2.45) is 0 Å². The van der Waals surface area contributed by atoms with Crippen molar-refractivity contribution in [2.75, 3.05) is 11.9 Å². The van der Waals surface area contributed by atoms with E-state index >= 15 is 0 Å². The van der Waals surface area contributed by atoms with E-state index in [9.17, 15) is 4.79 Å². The highest BCUT2D eigenvalue weighted by Gasteiger charge is 2.21. The van der Waals surface area contributed by atoms with Crippen LogP contribution < -0.4 is 4.90 Å². The number of anilines is 1. The number of thioether (sulfide) groups is 1. The van der Waals surface area contributed by atoms with Gasteiger partial charge < -0.3 is 4.90 Å². The van der Waals surface area contributed by atoms with Crippen molar-refractivity contribution in [1.29, 1.82) is 0 Å². The Morgan fingerprint density at radius 2 is 2.00 bits per heavy atom. The molecule has 3 aromatic rings. The van der Waals surface area contributed by atoms with E-state index in [4.69, 9.17) is 0 Å². The normalized spacial score (nSPS) is 12.3. The minimum atomic E-state index is -0.219. The van der Waals surface area contributed by atoms with Gasteiger partial charge in [0.15, 0.2) is 0 Å². The van der Waals surface area contributed by atoms with Crippen LogP contribution in [0.3, 0.4) is 0 Å². The second-order valence-electron chi connectivity index (χ2n) is 4.81. The van der Waals surface area contributed by atoms with Gasteiger partial charge in [-0.1, -0.05) is 30.0 Å². The van der Waals surface area contributed by atoms with Crippen molar-refractivity contribution in [3.63, 3.8) is 0 Å². The number of thiophene rings is 1. The third kappa shape index (κ3) is 2.98. The zero-order chi connectivity index (χ0) is 15.5. The summed E-state index contributed by atoms with van der Waals surface area (Å²) in [6, 6.07) is 11.6. The Kier molecular flexibility index (Phi) is 4.40. The highest BCUT2D eigenvalue weighted by Crippen LogP contribution is 2.31. The van der Waals surface area contributed by atoms with Crippen molar-refractivity contribution in [3.8, 4) is 0 Å². The molecule has 4 nitrogen and oxygen atoms in total. The number of nitrogens with zero attached hydrogens (tertiary/aromatic N) is 3. The van der Waals surface area contributed by atoms with Gasteiger partial charge in [0.1, 0.15) is 16.2 Å². The van der Waals surface area contributed by atoms with E-state index in [1.807, 2.05) is 48.7 Å². The lowest BCUT2D eigenvalue weighted by atomic mass is 10.3. The van der Waals surface area contributed by atoms with E-state index in [0.29, 0.717) is 0 Å². The van der Waals surface area contributed by atoms with Crippen LogP contribution in [0, 0.1) is 0 Å². The van der Waals surface area contributed by atoms with E-state index in [1.54, 1.807) is 29.6 Å².